The first-order valence-electron chi connectivity index (χ1n) is 7.95. The SMILES string of the molecule is Cc1ccc2oc3cc4c(C)nn(-c5ccccc5)c4nc3c2c1. The number of aromatic nitrogens is 3. The smallest absolute Gasteiger partial charge is 0.164 e. The van der Waals surface area contributed by atoms with Crippen molar-refractivity contribution in [3.8, 4) is 5.69 Å². The second kappa shape index (κ2) is 4.68. The normalized spacial score (nSPS) is 11.8. The molecule has 0 N–H and O–H groups in total. The zero-order valence-electron chi connectivity index (χ0n) is 13.4. The van der Waals surface area contributed by atoms with Gasteiger partial charge in [-0.1, -0.05) is 29.8 Å². The molecule has 0 aliphatic carbocycles. The summed E-state index contributed by atoms with van der Waals surface area (Å²) in [5.74, 6) is 0. The Morgan fingerprint density at radius 1 is 0.875 bits per heavy atom. The van der Waals surface area contributed by atoms with Crippen molar-refractivity contribution >= 4 is 33.1 Å². The van der Waals surface area contributed by atoms with Crippen molar-refractivity contribution in [2.24, 2.45) is 0 Å². The van der Waals surface area contributed by atoms with Crippen LogP contribution >= 0.6 is 0 Å². The topological polar surface area (TPSA) is 43.9 Å². The number of para-hydroxylation sites is 1. The number of hydrogen-bond acceptors (Lipinski definition) is 3. The van der Waals surface area contributed by atoms with E-state index in [-0.39, 0.29) is 0 Å². The molecule has 0 fully saturated rings. The summed E-state index contributed by atoms with van der Waals surface area (Å²) < 4.78 is 7.89. The number of rotatable bonds is 1. The monoisotopic (exact) mass is 313 g/mol. The molecule has 0 spiro atoms. The Morgan fingerprint density at radius 2 is 1.71 bits per heavy atom. The summed E-state index contributed by atoms with van der Waals surface area (Å²) in [6, 6.07) is 18.3. The molecule has 24 heavy (non-hydrogen) atoms. The molecule has 4 nitrogen and oxygen atoms in total. The van der Waals surface area contributed by atoms with Crippen molar-refractivity contribution in [1.29, 1.82) is 0 Å². The van der Waals surface area contributed by atoms with Crippen LogP contribution in [0.4, 0.5) is 0 Å². The first-order valence-corrected chi connectivity index (χ1v) is 7.95. The molecule has 116 valence electrons. The highest BCUT2D eigenvalue weighted by Gasteiger charge is 2.15. The van der Waals surface area contributed by atoms with E-state index in [9.17, 15) is 0 Å². The standard InChI is InChI=1S/C20H15N3O/c1-12-8-9-17-16(10-12)19-18(24-17)11-15-13(2)22-23(20(15)21-19)14-6-4-3-5-7-14/h3-11H,1-2H3. The Bertz CT molecular complexity index is 1220. The van der Waals surface area contributed by atoms with Gasteiger partial charge < -0.3 is 4.42 Å². The Hall–Kier alpha value is -3.14. The van der Waals surface area contributed by atoms with Crippen LogP contribution in [0.3, 0.4) is 0 Å². The van der Waals surface area contributed by atoms with Gasteiger partial charge in [0.05, 0.1) is 11.4 Å². The average molecular weight is 313 g/mol. The van der Waals surface area contributed by atoms with E-state index in [1.54, 1.807) is 0 Å². The third kappa shape index (κ3) is 1.80. The number of nitrogens with zero attached hydrogens (tertiary/aromatic N) is 3. The molecule has 0 atom stereocenters. The Morgan fingerprint density at radius 3 is 2.54 bits per heavy atom. The first-order chi connectivity index (χ1) is 11.7. The summed E-state index contributed by atoms with van der Waals surface area (Å²) in [6.45, 7) is 4.08. The fourth-order valence-electron chi connectivity index (χ4n) is 3.22. The van der Waals surface area contributed by atoms with E-state index < -0.39 is 0 Å². The maximum absolute atomic E-state index is 5.99. The van der Waals surface area contributed by atoms with E-state index in [1.807, 2.05) is 48.0 Å². The lowest BCUT2D eigenvalue weighted by Crippen LogP contribution is -1.97. The molecule has 0 saturated heterocycles. The molecular formula is C20H15N3O. The van der Waals surface area contributed by atoms with Crippen molar-refractivity contribution < 1.29 is 4.42 Å². The van der Waals surface area contributed by atoms with E-state index in [4.69, 9.17) is 9.40 Å². The fraction of sp³-hybridized carbons (Fsp3) is 0.100. The molecule has 0 aliphatic rings. The molecular weight excluding hydrogens is 298 g/mol. The average Bonchev–Trinajstić information content (AvgIpc) is 3.12. The van der Waals surface area contributed by atoms with Gasteiger partial charge in [-0.25, -0.2) is 9.67 Å². The van der Waals surface area contributed by atoms with Gasteiger partial charge in [0.2, 0.25) is 0 Å². The van der Waals surface area contributed by atoms with Crippen LogP contribution in [0.15, 0.2) is 59.0 Å². The predicted octanol–water partition coefficient (Wildman–Crippen LogP) is 4.94. The summed E-state index contributed by atoms with van der Waals surface area (Å²) in [7, 11) is 0. The van der Waals surface area contributed by atoms with Gasteiger partial charge in [0.1, 0.15) is 11.1 Å². The lowest BCUT2D eigenvalue weighted by molar-refractivity contribution is 0.668. The van der Waals surface area contributed by atoms with Crippen molar-refractivity contribution in [2.45, 2.75) is 13.8 Å². The zero-order valence-corrected chi connectivity index (χ0v) is 13.4. The van der Waals surface area contributed by atoms with Crippen LogP contribution in [0.5, 0.6) is 0 Å². The van der Waals surface area contributed by atoms with Crippen LogP contribution in [0.1, 0.15) is 11.3 Å². The number of pyridine rings is 1. The third-order valence-electron chi connectivity index (χ3n) is 4.42. The van der Waals surface area contributed by atoms with E-state index in [1.165, 1.54) is 5.56 Å². The zero-order chi connectivity index (χ0) is 16.3. The lowest BCUT2D eigenvalue weighted by Gasteiger charge is -2.02. The maximum Gasteiger partial charge on any atom is 0.164 e. The van der Waals surface area contributed by atoms with Gasteiger partial charge >= 0.3 is 0 Å². The molecule has 4 heteroatoms. The van der Waals surface area contributed by atoms with Gasteiger partial charge in [-0.2, -0.15) is 5.10 Å². The Kier molecular flexibility index (Phi) is 2.59. The number of benzene rings is 2. The number of aryl methyl sites for hydroxylation is 2. The summed E-state index contributed by atoms with van der Waals surface area (Å²) in [5.41, 5.74) is 6.56. The van der Waals surface area contributed by atoms with Crippen molar-refractivity contribution in [1.82, 2.24) is 14.8 Å². The molecule has 0 amide bonds. The van der Waals surface area contributed by atoms with E-state index in [0.29, 0.717) is 0 Å². The highest BCUT2D eigenvalue weighted by molar-refractivity contribution is 6.06. The Labute approximate surface area is 138 Å². The highest BCUT2D eigenvalue weighted by Crippen LogP contribution is 2.32. The molecule has 0 aliphatic heterocycles. The number of furan rings is 1. The molecule has 5 rings (SSSR count). The first kappa shape index (κ1) is 13.3. The Balaban J connectivity index is 1.91. The van der Waals surface area contributed by atoms with E-state index in [2.05, 4.69) is 30.2 Å². The van der Waals surface area contributed by atoms with Crippen LogP contribution in [-0.4, -0.2) is 14.8 Å². The van der Waals surface area contributed by atoms with Crippen molar-refractivity contribution in [3.63, 3.8) is 0 Å². The van der Waals surface area contributed by atoms with Crippen molar-refractivity contribution in [2.75, 3.05) is 0 Å². The van der Waals surface area contributed by atoms with Crippen LogP contribution in [0.25, 0.3) is 38.8 Å². The third-order valence-corrected chi connectivity index (χ3v) is 4.42. The largest absolute Gasteiger partial charge is 0.454 e. The second-order valence-corrected chi connectivity index (χ2v) is 6.14. The van der Waals surface area contributed by atoms with Gasteiger partial charge in [-0.15, -0.1) is 0 Å². The molecule has 0 radical (unpaired) electrons. The minimum absolute atomic E-state index is 0.804. The fourth-order valence-corrected chi connectivity index (χ4v) is 3.22. The second-order valence-electron chi connectivity index (χ2n) is 6.14. The van der Waals surface area contributed by atoms with E-state index >= 15 is 0 Å². The maximum atomic E-state index is 5.99. The van der Waals surface area contributed by atoms with Gasteiger partial charge in [0, 0.05) is 10.8 Å². The lowest BCUT2D eigenvalue weighted by atomic mass is 10.1. The van der Waals surface area contributed by atoms with Crippen LogP contribution in [0.2, 0.25) is 0 Å². The van der Waals surface area contributed by atoms with Crippen LogP contribution < -0.4 is 0 Å². The summed E-state index contributed by atoms with van der Waals surface area (Å²) in [6.07, 6.45) is 0. The summed E-state index contributed by atoms with van der Waals surface area (Å²) in [4.78, 5) is 4.91. The highest BCUT2D eigenvalue weighted by atomic mass is 16.3. The molecule has 2 aromatic carbocycles. The minimum atomic E-state index is 0.804. The van der Waals surface area contributed by atoms with Gasteiger partial charge in [-0.05, 0) is 44.2 Å². The quantitative estimate of drug-likeness (QED) is 0.440. The molecule has 5 aromatic rings. The predicted molar refractivity (Wildman–Crippen MR) is 95.6 cm³/mol. The van der Waals surface area contributed by atoms with Gasteiger partial charge in [-0.3, -0.25) is 0 Å². The van der Waals surface area contributed by atoms with Gasteiger partial charge in [0.15, 0.2) is 11.2 Å². The molecule has 0 saturated carbocycles. The molecule has 3 heterocycles. The molecule has 3 aromatic heterocycles. The van der Waals surface area contributed by atoms with Crippen LogP contribution in [0, 0.1) is 13.8 Å². The minimum Gasteiger partial charge on any atom is -0.454 e. The summed E-state index contributed by atoms with van der Waals surface area (Å²) >= 11 is 0. The molecule has 0 bridgehead atoms. The van der Waals surface area contributed by atoms with Gasteiger partial charge in [0.25, 0.3) is 0 Å². The summed E-state index contributed by atoms with van der Waals surface area (Å²) in [5, 5.41) is 6.74. The number of hydrogen-bond donors (Lipinski definition) is 0. The van der Waals surface area contributed by atoms with E-state index in [0.717, 1.165) is 44.5 Å². The molecule has 0 unspecified atom stereocenters. The van der Waals surface area contributed by atoms with Crippen LogP contribution in [-0.2, 0) is 0 Å². The number of fused-ring (bicyclic) bond motifs is 4. The van der Waals surface area contributed by atoms with Crippen molar-refractivity contribution in [3.05, 3.63) is 65.9 Å².